The van der Waals surface area contributed by atoms with E-state index in [1.165, 1.54) is 32.2 Å². The van der Waals surface area contributed by atoms with Crippen molar-refractivity contribution in [2.75, 3.05) is 19.7 Å². The Bertz CT molecular complexity index is 178. The van der Waals surface area contributed by atoms with Gasteiger partial charge in [-0.05, 0) is 39.2 Å². The molecule has 0 bridgehead atoms. The van der Waals surface area contributed by atoms with E-state index in [1.54, 1.807) is 0 Å². The quantitative estimate of drug-likeness (QED) is 0.681. The fourth-order valence-electron chi connectivity index (χ4n) is 2.80. The third kappa shape index (κ3) is 2.10. The molecule has 0 saturated carbocycles. The zero-order valence-corrected chi connectivity index (χ0v) is 9.08. The maximum Gasteiger partial charge on any atom is 0.0587 e. The summed E-state index contributed by atoms with van der Waals surface area (Å²) in [7, 11) is 0. The third-order valence-corrected chi connectivity index (χ3v) is 3.74. The molecule has 2 N–H and O–H groups in total. The Labute approximate surface area is 86.5 Å². The number of rotatable bonds is 2. The lowest BCUT2D eigenvalue weighted by molar-refractivity contribution is 0.0984. The van der Waals surface area contributed by atoms with Crippen LogP contribution in [0.25, 0.3) is 0 Å². The van der Waals surface area contributed by atoms with Crippen LogP contribution in [0.15, 0.2) is 0 Å². The molecule has 0 aromatic heterocycles. The first kappa shape index (κ1) is 10.4. The Morgan fingerprint density at radius 1 is 1.36 bits per heavy atom. The fourth-order valence-corrected chi connectivity index (χ4v) is 2.80. The van der Waals surface area contributed by atoms with E-state index < -0.39 is 0 Å². The molecule has 3 atom stereocenters. The summed E-state index contributed by atoms with van der Waals surface area (Å²) in [5.74, 6) is 0. The minimum atomic E-state index is 0.339. The summed E-state index contributed by atoms with van der Waals surface area (Å²) in [6, 6.07) is 1.79. The van der Waals surface area contributed by atoms with Gasteiger partial charge in [0.05, 0.1) is 6.61 Å². The van der Waals surface area contributed by atoms with Crippen molar-refractivity contribution in [1.82, 2.24) is 10.2 Å². The molecule has 3 nitrogen and oxygen atoms in total. The van der Waals surface area contributed by atoms with Crippen LogP contribution in [0.4, 0.5) is 0 Å². The zero-order valence-electron chi connectivity index (χ0n) is 9.08. The van der Waals surface area contributed by atoms with E-state index in [-0.39, 0.29) is 0 Å². The molecule has 2 fully saturated rings. The molecule has 2 aliphatic rings. The highest BCUT2D eigenvalue weighted by Gasteiger charge is 2.31. The lowest BCUT2D eigenvalue weighted by atomic mass is 10.00. The molecule has 0 aliphatic carbocycles. The van der Waals surface area contributed by atoms with Gasteiger partial charge in [0.25, 0.3) is 0 Å². The van der Waals surface area contributed by atoms with Gasteiger partial charge in [-0.1, -0.05) is 0 Å². The number of hydrogen-bond acceptors (Lipinski definition) is 3. The molecule has 0 amide bonds. The highest BCUT2D eigenvalue weighted by atomic mass is 16.3. The van der Waals surface area contributed by atoms with Gasteiger partial charge in [0.15, 0.2) is 0 Å². The monoisotopic (exact) mass is 198 g/mol. The second-order valence-corrected chi connectivity index (χ2v) is 4.76. The highest BCUT2D eigenvalue weighted by Crippen LogP contribution is 2.23. The topological polar surface area (TPSA) is 35.5 Å². The van der Waals surface area contributed by atoms with E-state index in [4.69, 9.17) is 0 Å². The molecule has 2 saturated heterocycles. The molecule has 3 heteroatoms. The number of aliphatic hydroxyl groups excluding tert-OH is 1. The molecular formula is C11H22N2O. The van der Waals surface area contributed by atoms with Gasteiger partial charge in [-0.25, -0.2) is 0 Å². The first-order valence-electron chi connectivity index (χ1n) is 5.91. The largest absolute Gasteiger partial charge is 0.395 e. The van der Waals surface area contributed by atoms with Gasteiger partial charge in [0, 0.05) is 24.7 Å². The second-order valence-electron chi connectivity index (χ2n) is 4.76. The van der Waals surface area contributed by atoms with E-state index in [1.807, 2.05) is 0 Å². The number of nitrogens with one attached hydrogen (secondary N) is 1. The van der Waals surface area contributed by atoms with Crippen LogP contribution in [0.2, 0.25) is 0 Å². The van der Waals surface area contributed by atoms with E-state index >= 15 is 0 Å². The zero-order chi connectivity index (χ0) is 9.97. The summed E-state index contributed by atoms with van der Waals surface area (Å²) in [4.78, 5) is 2.51. The summed E-state index contributed by atoms with van der Waals surface area (Å²) >= 11 is 0. The Morgan fingerprint density at radius 3 is 2.86 bits per heavy atom. The molecule has 2 aliphatic heterocycles. The maximum absolute atomic E-state index is 9.26. The Morgan fingerprint density at radius 2 is 2.21 bits per heavy atom. The first-order valence-corrected chi connectivity index (χ1v) is 5.91. The Balaban J connectivity index is 1.88. The summed E-state index contributed by atoms with van der Waals surface area (Å²) in [6.45, 7) is 4.89. The lowest BCUT2D eigenvalue weighted by Gasteiger charge is -2.37. The minimum absolute atomic E-state index is 0.339. The molecule has 0 aromatic rings. The average molecular weight is 198 g/mol. The molecule has 0 aromatic carbocycles. The number of hydrogen-bond donors (Lipinski definition) is 2. The van der Waals surface area contributed by atoms with Crippen LogP contribution < -0.4 is 5.32 Å². The van der Waals surface area contributed by atoms with Crippen LogP contribution in [-0.2, 0) is 0 Å². The van der Waals surface area contributed by atoms with Crippen molar-refractivity contribution < 1.29 is 5.11 Å². The van der Waals surface area contributed by atoms with Crippen LogP contribution in [0.1, 0.15) is 32.6 Å². The predicted molar refractivity (Wildman–Crippen MR) is 57.3 cm³/mol. The second kappa shape index (κ2) is 4.60. The van der Waals surface area contributed by atoms with Gasteiger partial charge in [0.1, 0.15) is 0 Å². The van der Waals surface area contributed by atoms with Crippen molar-refractivity contribution in [3.05, 3.63) is 0 Å². The molecular weight excluding hydrogens is 176 g/mol. The molecule has 0 spiro atoms. The van der Waals surface area contributed by atoms with E-state index in [2.05, 4.69) is 17.1 Å². The first-order chi connectivity index (χ1) is 6.81. The van der Waals surface area contributed by atoms with E-state index in [9.17, 15) is 5.11 Å². The van der Waals surface area contributed by atoms with Crippen molar-refractivity contribution in [3.8, 4) is 0 Å². The van der Waals surface area contributed by atoms with E-state index in [0.717, 1.165) is 6.54 Å². The number of aliphatic hydroxyl groups is 1. The van der Waals surface area contributed by atoms with Gasteiger partial charge in [-0.2, -0.15) is 0 Å². The number of likely N-dealkylation sites (tertiary alicyclic amines) is 1. The summed E-state index contributed by atoms with van der Waals surface area (Å²) in [5.41, 5.74) is 0. The van der Waals surface area contributed by atoms with Gasteiger partial charge in [0.2, 0.25) is 0 Å². The van der Waals surface area contributed by atoms with Crippen molar-refractivity contribution in [1.29, 1.82) is 0 Å². The van der Waals surface area contributed by atoms with Crippen LogP contribution in [0.5, 0.6) is 0 Å². The normalized spacial score (nSPS) is 40.3. The standard InChI is InChI=1S/C11H22N2O/c1-9-4-5-10(7-12-9)13-6-2-3-11(13)8-14/h9-12,14H,2-8H2,1H3/t9?,10?,11-/m1/s1. The number of nitrogens with zero attached hydrogens (tertiary/aromatic N) is 1. The SMILES string of the molecule is CC1CCC(N2CCC[C@@H]2CO)CN1. The van der Waals surface area contributed by atoms with Gasteiger partial charge in [-0.3, -0.25) is 4.90 Å². The molecule has 14 heavy (non-hydrogen) atoms. The van der Waals surface area contributed by atoms with E-state index in [0.29, 0.717) is 24.7 Å². The Kier molecular flexibility index (Phi) is 3.42. The third-order valence-electron chi connectivity index (χ3n) is 3.74. The van der Waals surface area contributed by atoms with Crippen LogP contribution >= 0.6 is 0 Å². The number of piperidine rings is 1. The van der Waals surface area contributed by atoms with Crippen molar-refractivity contribution in [2.45, 2.75) is 50.7 Å². The predicted octanol–water partition coefficient (Wildman–Crippen LogP) is 0.584. The fraction of sp³-hybridized carbons (Fsp3) is 1.00. The smallest absolute Gasteiger partial charge is 0.0587 e. The van der Waals surface area contributed by atoms with Crippen LogP contribution in [0, 0.1) is 0 Å². The lowest BCUT2D eigenvalue weighted by Crippen LogP contribution is -2.51. The summed E-state index contributed by atoms with van der Waals surface area (Å²) < 4.78 is 0. The Hall–Kier alpha value is -0.120. The van der Waals surface area contributed by atoms with Crippen LogP contribution in [-0.4, -0.2) is 47.8 Å². The van der Waals surface area contributed by atoms with Gasteiger partial charge < -0.3 is 10.4 Å². The van der Waals surface area contributed by atoms with Crippen molar-refractivity contribution in [2.24, 2.45) is 0 Å². The molecule has 2 unspecified atom stereocenters. The van der Waals surface area contributed by atoms with Crippen LogP contribution in [0.3, 0.4) is 0 Å². The molecule has 0 radical (unpaired) electrons. The molecule has 2 heterocycles. The minimum Gasteiger partial charge on any atom is -0.395 e. The summed E-state index contributed by atoms with van der Waals surface area (Å²) in [5, 5.41) is 12.8. The van der Waals surface area contributed by atoms with Crippen molar-refractivity contribution >= 4 is 0 Å². The maximum atomic E-state index is 9.26. The summed E-state index contributed by atoms with van der Waals surface area (Å²) in [6.07, 6.45) is 5.02. The average Bonchev–Trinajstić information content (AvgIpc) is 2.67. The highest BCUT2D eigenvalue weighted by molar-refractivity contribution is 4.88. The van der Waals surface area contributed by atoms with Gasteiger partial charge in [-0.15, -0.1) is 0 Å². The molecule has 2 rings (SSSR count). The molecule has 82 valence electrons. The van der Waals surface area contributed by atoms with Crippen molar-refractivity contribution in [3.63, 3.8) is 0 Å². The van der Waals surface area contributed by atoms with Gasteiger partial charge >= 0.3 is 0 Å².